The quantitative estimate of drug-likeness (QED) is 0.255. The molecular weight excluding hydrogens is 334 g/mol. The second-order valence-corrected chi connectivity index (χ2v) is 6.27. The number of nitrogens with two attached hydrogens (primary N) is 1. The van der Waals surface area contributed by atoms with Gasteiger partial charge in [-0.05, 0) is 40.9 Å². The Hall–Kier alpha value is -1.56. The van der Waals surface area contributed by atoms with E-state index in [9.17, 15) is 4.79 Å². The molecule has 0 bridgehead atoms. The summed E-state index contributed by atoms with van der Waals surface area (Å²) in [5, 5.41) is 15.1. The van der Waals surface area contributed by atoms with Crippen LogP contribution in [0.5, 0.6) is 0 Å². The molecule has 0 unspecified atom stereocenters. The van der Waals surface area contributed by atoms with Gasteiger partial charge in [0, 0.05) is 4.47 Å². The van der Waals surface area contributed by atoms with Crippen LogP contribution in [0.15, 0.2) is 33.9 Å². The van der Waals surface area contributed by atoms with Crippen molar-refractivity contribution in [3.8, 4) is 0 Å². The molecule has 5 nitrogen and oxygen atoms in total. The lowest BCUT2D eigenvalue weighted by atomic mass is 9.78. The molecule has 1 fully saturated rings. The van der Waals surface area contributed by atoms with Crippen molar-refractivity contribution in [2.24, 2.45) is 16.3 Å². The van der Waals surface area contributed by atoms with Crippen LogP contribution in [0.1, 0.15) is 38.5 Å². The second-order valence-electron chi connectivity index (χ2n) is 5.42. The van der Waals surface area contributed by atoms with Gasteiger partial charge in [-0.2, -0.15) is 0 Å². The van der Waals surface area contributed by atoms with Crippen LogP contribution < -0.4 is 11.1 Å². The Morgan fingerprint density at radius 1 is 1.24 bits per heavy atom. The average Bonchev–Trinajstić information content (AvgIpc) is 2.75. The Morgan fingerprint density at radius 2 is 1.86 bits per heavy atom. The van der Waals surface area contributed by atoms with Crippen LogP contribution in [-0.4, -0.2) is 17.0 Å². The van der Waals surface area contributed by atoms with E-state index in [1.54, 1.807) is 0 Å². The van der Waals surface area contributed by atoms with E-state index >= 15 is 0 Å². The molecule has 0 saturated heterocycles. The molecule has 6 heteroatoms. The van der Waals surface area contributed by atoms with Crippen molar-refractivity contribution in [1.29, 1.82) is 0 Å². The summed E-state index contributed by atoms with van der Waals surface area (Å²) in [6.07, 6.45) is 5.17. The minimum atomic E-state index is -0.916. The van der Waals surface area contributed by atoms with Gasteiger partial charge in [0.1, 0.15) is 5.41 Å². The lowest BCUT2D eigenvalue weighted by Gasteiger charge is -2.30. The third kappa shape index (κ3) is 3.37. The van der Waals surface area contributed by atoms with Gasteiger partial charge in [0.25, 0.3) is 0 Å². The minimum absolute atomic E-state index is 0.00829. The zero-order chi connectivity index (χ0) is 15.3. The van der Waals surface area contributed by atoms with Crippen molar-refractivity contribution in [3.63, 3.8) is 0 Å². The number of nitrogens with one attached hydrogen (secondary N) is 1. The second kappa shape index (κ2) is 6.93. The zero-order valence-corrected chi connectivity index (χ0v) is 13.4. The van der Waals surface area contributed by atoms with Gasteiger partial charge in [0.05, 0.1) is 5.69 Å². The molecule has 1 aliphatic carbocycles. The van der Waals surface area contributed by atoms with Crippen LogP contribution >= 0.6 is 15.9 Å². The first-order chi connectivity index (χ1) is 10.1. The van der Waals surface area contributed by atoms with Gasteiger partial charge in [0.2, 0.25) is 5.91 Å². The Labute approximate surface area is 132 Å². The number of nitrogens with zero attached hydrogens (tertiary/aromatic N) is 1. The number of para-hydroxylation sites is 1. The number of amides is 1. The van der Waals surface area contributed by atoms with Crippen molar-refractivity contribution < 1.29 is 10.0 Å². The van der Waals surface area contributed by atoms with E-state index in [0.717, 1.165) is 30.2 Å². The number of hydrogen-bond donors (Lipinski definition) is 3. The molecule has 1 saturated carbocycles. The average molecular weight is 354 g/mol. The number of hydrogen-bond acceptors (Lipinski definition) is 3. The summed E-state index contributed by atoms with van der Waals surface area (Å²) in [7, 11) is 0. The van der Waals surface area contributed by atoms with Gasteiger partial charge >= 0.3 is 0 Å². The highest BCUT2D eigenvalue weighted by Gasteiger charge is 2.43. The van der Waals surface area contributed by atoms with Crippen molar-refractivity contribution in [2.45, 2.75) is 38.5 Å². The summed E-state index contributed by atoms with van der Waals surface area (Å²) in [6.45, 7) is 0. The minimum Gasteiger partial charge on any atom is -0.409 e. The van der Waals surface area contributed by atoms with E-state index in [-0.39, 0.29) is 11.7 Å². The lowest BCUT2D eigenvalue weighted by molar-refractivity contribution is -0.123. The standard InChI is InChI=1S/C15H20BrN3O2/c16-11-7-3-4-8-12(11)18-14(20)15(13(17)19-21)9-5-1-2-6-10-15/h3-4,7-8,21H,1-2,5-6,9-10H2,(H2,17,19)(H,18,20). The summed E-state index contributed by atoms with van der Waals surface area (Å²) < 4.78 is 0.807. The molecule has 0 atom stereocenters. The first-order valence-electron chi connectivity index (χ1n) is 7.14. The van der Waals surface area contributed by atoms with E-state index in [2.05, 4.69) is 26.4 Å². The molecule has 114 valence electrons. The van der Waals surface area contributed by atoms with E-state index in [4.69, 9.17) is 10.9 Å². The van der Waals surface area contributed by atoms with E-state index < -0.39 is 5.41 Å². The SMILES string of the molecule is NC(=NO)C1(C(=O)Nc2ccccc2Br)CCCCCC1. The van der Waals surface area contributed by atoms with Crippen molar-refractivity contribution >= 4 is 33.4 Å². The molecule has 2 rings (SSSR count). The predicted octanol–water partition coefficient (Wildman–Crippen LogP) is 3.47. The number of carbonyl (C=O) groups is 1. The van der Waals surface area contributed by atoms with Crippen molar-refractivity contribution in [3.05, 3.63) is 28.7 Å². The van der Waals surface area contributed by atoms with Gasteiger partial charge in [-0.3, -0.25) is 4.79 Å². The number of amidine groups is 1. The third-order valence-electron chi connectivity index (χ3n) is 4.11. The van der Waals surface area contributed by atoms with Gasteiger partial charge < -0.3 is 16.3 Å². The first kappa shape index (κ1) is 15.8. The monoisotopic (exact) mass is 353 g/mol. The summed E-state index contributed by atoms with van der Waals surface area (Å²) >= 11 is 3.41. The third-order valence-corrected chi connectivity index (χ3v) is 4.80. The van der Waals surface area contributed by atoms with Crippen LogP contribution in [0, 0.1) is 5.41 Å². The summed E-state index contributed by atoms with van der Waals surface area (Å²) in [6, 6.07) is 7.41. The highest BCUT2D eigenvalue weighted by atomic mass is 79.9. The number of rotatable bonds is 3. The number of halogens is 1. The van der Waals surface area contributed by atoms with E-state index in [1.165, 1.54) is 0 Å². The summed E-state index contributed by atoms with van der Waals surface area (Å²) in [5.41, 5.74) is 5.65. The number of benzene rings is 1. The predicted molar refractivity (Wildman–Crippen MR) is 86.3 cm³/mol. The highest BCUT2D eigenvalue weighted by Crippen LogP contribution is 2.37. The number of anilines is 1. The fraction of sp³-hybridized carbons (Fsp3) is 0.467. The van der Waals surface area contributed by atoms with Gasteiger partial charge in [-0.1, -0.05) is 43.0 Å². The normalized spacial score (nSPS) is 18.8. The molecule has 0 heterocycles. The fourth-order valence-electron chi connectivity index (χ4n) is 2.83. The maximum Gasteiger partial charge on any atom is 0.238 e. The van der Waals surface area contributed by atoms with Gasteiger partial charge in [-0.25, -0.2) is 0 Å². The largest absolute Gasteiger partial charge is 0.409 e. The molecular formula is C15H20BrN3O2. The molecule has 0 spiro atoms. The smallest absolute Gasteiger partial charge is 0.238 e. The van der Waals surface area contributed by atoms with E-state index in [1.807, 2.05) is 24.3 Å². The van der Waals surface area contributed by atoms with Crippen molar-refractivity contribution in [1.82, 2.24) is 0 Å². The summed E-state index contributed by atoms with van der Waals surface area (Å²) in [5.74, 6) is -0.194. The fourth-order valence-corrected chi connectivity index (χ4v) is 3.22. The molecule has 1 aromatic carbocycles. The maximum absolute atomic E-state index is 12.8. The molecule has 1 amide bonds. The molecule has 0 aliphatic heterocycles. The molecule has 0 radical (unpaired) electrons. The lowest BCUT2D eigenvalue weighted by Crippen LogP contribution is -2.47. The van der Waals surface area contributed by atoms with Crippen LogP contribution in [0.2, 0.25) is 0 Å². The number of oxime groups is 1. The Morgan fingerprint density at radius 3 is 2.43 bits per heavy atom. The van der Waals surface area contributed by atoms with Gasteiger partial charge in [0.15, 0.2) is 5.84 Å². The van der Waals surface area contributed by atoms with Crippen LogP contribution in [0.3, 0.4) is 0 Å². The summed E-state index contributed by atoms with van der Waals surface area (Å²) in [4.78, 5) is 12.8. The van der Waals surface area contributed by atoms with Crippen molar-refractivity contribution in [2.75, 3.05) is 5.32 Å². The van der Waals surface area contributed by atoms with Crippen LogP contribution in [0.25, 0.3) is 0 Å². The first-order valence-corrected chi connectivity index (χ1v) is 7.93. The Bertz CT molecular complexity index is 537. The molecule has 1 aliphatic rings. The molecule has 21 heavy (non-hydrogen) atoms. The maximum atomic E-state index is 12.8. The van der Waals surface area contributed by atoms with Gasteiger partial charge in [-0.15, -0.1) is 0 Å². The number of carbonyl (C=O) groups excluding carboxylic acids is 1. The Kier molecular flexibility index (Phi) is 5.22. The van der Waals surface area contributed by atoms with Crippen LogP contribution in [0.4, 0.5) is 5.69 Å². The molecule has 1 aromatic rings. The molecule has 4 N–H and O–H groups in total. The zero-order valence-electron chi connectivity index (χ0n) is 11.8. The van der Waals surface area contributed by atoms with Crippen LogP contribution in [-0.2, 0) is 4.79 Å². The Balaban J connectivity index is 2.28. The van der Waals surface area contributed by atoms with E-state index in [0.29, 0.717) is 18.5 Å². The highest BCUT2D eigenvalue weighted by molar-refractivity contribution is 9.10. The molecule has 0 aromatic heterocycles. The topological polar surface area (TPSA) is 87.7 Å².